The number of benzene rings is 1. The van der Waals surface area contributed by atoms with Crippen LogP contribution in [0, 0.1) is 18.3 Å². The molecule has 0 aliphatic rings. The molecule has 0 N–H and O–H groups in total. The van der Waals surface area contributed by atoms with Gasteiger partial charge in [0, 0.05) is 4.47 Å². The van der Waals surface area contributed by atoms with E-state index < -0.39 is 5.92 Å². The SMILES string of the molecule is Cc1csc(C(=O)C(C#N)c2ccccc2Br)c1Cl. The fourth-order valence-electron chi connectivity index (χ4n) is 1.71. The van der Waals surface area contributed by atoms with Crippen LogP contribution < -0.4 is 0 Å². The highest BCUT2D eigenvalue weighted by Crippen LogP contribution is 2.33. The predicted molar refractivity (Wildman–Crippen MR) is 80.9 cm³/mol. The molecule has 0 bridgehead atoms. The van der Waals surface area contributed by atoms with Gasteiger partial charge in [-0.05, 0) is 29.5 Å². The van der Waals surface area contributed by atoms with E-state index in [1.54, 1.807) is 12.1 Å². The summed E-state index contributed by atoms with van der Waals surface area (Å²) in [5.74, 6) is -1.09. The molecule has 2 nitrogen and oxygen atoms in total. The Morgan fingerprint density at radius 1 is 1.47 bits per heavy atom. The molecule has 0 spiro atoms. The summed E-state index contributed by atoms with van der Waals surface area (Å²) >= 11 is 10.8. The van der Waals surface area contributed by atoms with Crippen molar-refractivity contribution in [2.45, 2.75) is 12.8 Å². The van der Waals surface area contributed by atoms with Gasteiger partial charge >= 0.3 is 0 Å². The third-order valence-corrected chi connectivity index (χ3v) is 5.16. The van der Waals surface area contributed by atoms with Gasteiger partial charge in [0.25, 0.3) is 0 Å². The number of hydrogen-bond acceptors (Lipinski definition) is 3. The van der Waals surface area contributed by atoms with Crippen LogP contribution in [0.15, 0.2) is 34.1 Å². The molecule has 1 aromatic carbocycles. The third kappa shape index (κ3) is 2.74. The van der Waals surface area contributed by atoms with Gasteiger partial charge in [-0.25, -0.2) is 0 Å². The highest BCUT2D eigenvalue weighted by atomic mass is 79.9. The molecular weight excluding hydrogens is 346 g/mol. The van der Waals surface area contributed by atoms with Gasteiger partial charge in [-0.15, -0.1) is 11.3 Å². The molecule has 0 aliphatic heterocycles. The quantitative estimate of drug-likeness (QED) is 0.731. The number of ketones is 1. The summed E-state index contributed by atoms with van der Waals surface area (Å²) < 4.78 is 0.749. The van der Waals surface area contributed by atoms with E-state index in [2.05, 4.69) is 22.0 Å². The van der Waals surface area contributed by atoms with Crippen molar-refractivity contribution < 1.29 is 4.79 Å². The van der Waals surface area contributed by atoms with Crippen LogP contribution in [0.2, 0.25) is 5.02 Å². The largest absolute Gasteiger partial charge is 0.291 e. The summed E-state index contributed by atoms with van der Waals surface area (Å²) in [4.78, 5) is 12.9. The summed E-state index contributed by atoms with van der Waals surface area (Å²) in [6.45, 7) is 1.84. The summed E-state index contributed by atoms with van der Waals surface area (Å²) in [6, 6.07) is 9.29. The second-order valence-corrected chi connectivity index (χ2v) is 6.12. The molecule has 2 rings (SSSR count). The zero-order chi connectivity index (χ0) is 14.0. The molecule has 0 fully saturated rings. The van der Waals surface area contributed by atoms with Crippen molar-refractivity contribution in [1.82, 2.24) is 0 Å². The molecule has 0 aliphatic carbocycles. The maximum atomic E-state index is 12.4. The van der Waals surface area contributed by atoms with E-state index in [-0.39, 0.29) is 5.78 Å². The second-order valence-electron chi connectivity index (χ2n) is 4.01. The molecule has 2 aromatic rings. The number of carbonyl (C=O) groups is 1. The van der Waals surface area contributed by atoms with Crippen molar-refractivity contribution in [3.05, 3.63) is 55.1 Å². The summed E-state index contributed by atoms with van der Waals surface area (Å²) in [5.41, 5.74) is 1.52. The third-order valence-electron chi connectivity index (χ3n) is 2.73. The molecule has 0 saturated carbocycles. The van der Waals surface area contributed by atoms with Crippen LogP contribution in [0.5, 0.6) is 0 Å². The van der Waals surface area contributed by atoms with Crippen molar-refractivity contribution in [3.63, 3.8) is 0 Å². The summed E-state index contributed by atoms with van der Waals surface area (Å²) in [7, 11) is 0. The van der Waals surface area contributed by atoms with Gasteiger partial charge in [-0.3, -0.25) is 4.79 Å². The molecule has 5 heteroatoms. The highest BCUT2D eigenvalue weighted by Gasteiger charge is 2.26. The van der Waals surface area contributed by atoms with Crippen LogP contribution in [0.25, 0.3) is 0 Å². The number of aryl methyl sites for hydroxylation is 1. The zero-order valence-corrected chi connectivity index (χ0v) is 13.1. The van der Waals surface area contributed by atoms with Crippen LogP contribution in [0.3, 0.4) is 0 Å². The Kier molecular flexibility index (Phi) is 4.41. The molecule has 96 valence electrons. The van der Waals surface area contributed by atoms with Crippen LogP contribution >= 0.6 is 38.9 Å². The smallest absolute Gasteiger partial charge is 0.195 e. The Morgan fingerprint density at radius 2 is 2.16 bits per heavy atom. The average Bonchev–Trinajstić information content (AvgIpc) is 2.73. The lowest BCUT2D eigenvalue weighted by atomic mass is 9.95. The topological polar surface area (TPSA) is 40.9 Å². The van der Waals surface area contributed by atoms with Gasteiger partial charge in [-0.1, -0.05) is 45.7 Å². The molecule has 1 atom stereocenters. The number of hydrogen-bond donors (Lipinski definition) is 0. The van der Waals surface area contributed by atoms with Crippen molar-refractivity contribution in [2.24, 2.45) is 0 Å². The average molecular weight is 355 g/mol. The minimum atomic E-state index is -0.842. The van der Waals surface area contributed by atoms with Gasteiger partial charge in [0.05, 0.1) is 16.0 Å². The van der Waals surface area contributed by atoms with E-state index in [0.717, 1.165) is 10.0 Å². The van der Waals surface area contributed by atoms with Crippen LogP contribution in [0.1, 0.15) is 26.7 Å². The second kappa shape index (κ2) is 5.87. The molecule has 19 heavy (non-hydrogen) atoms. The fraction of sp³-hybridized carbons (Fsp3) is 0.143. The highest BCUT2D eigenvalue weighted by molar-refractivity contribution is 9.10. The lowest BCUT2D eigenvalue weighted by molar-refractivity contribution is 0.0982. The normalized spacial score (nSPS) is 11.9. The maximum absolute atomic E-state index is 12.4. The first kappa shape index (κ1) is 14.3. The maximum Gasteiger partial charge on any atom is 0.195 e. The Bertz CT molecular complexity index is 674. The Hall–Kier alpha value is -1.15. The van der Waals surface area contributed by atoms with Gasteiger partial charge in [0.15, 0.2) is 5.78 Å². The Balaban J connectivity index is 2.45. The molecule has 0 radical (unpaired) electrons. The number of halogens is 2. The standard InChI is InChI=1S/C14H9BrClNOS/c1-8-7-19-14(12(8)16)13(18)10(6-17)9-4-2-3-5-11(9)15/h2-5,7,10H,1H3. The Morgan fingerprint density at radius 3 is 2.68 bits per heavy atom. The minimum absolute atomic E-state index is 0.252. The van der Waals surface area contributed by atoms with Crippen molar-refractivity contribution in [2.75, 3.05) is 0 Å². The van der Waals surface area contributed by atoms with E-state index in [1.165, 1.54) is 11.3 Å². The van der Waals surface area contributed by atoms with Crippen LogP contribution in [-0.4, -0.2) is 5.78 Å². The fourth-order valence-corrected chi connectivity index (χ4v) is 3.48. The summed E-state index contributed by atoms with van der Waals surface area (Å²) in [6.07, 6.45) is 0. The molecule has 1 unspecified atom stereocenters. The minimum Gasteiger partial charge on any atom is -0.291 e. The number of rotatable bonds is 3. The molecule has 1 heterocycles. The monoisotopic (exact) mass is 353 g/mol. The van der Waals surface area contributed by atoms with E-state index in [0.29, 0.717) is 15.5 Å². The van der Waals surface area contributed by atoms with E-state index in [4.69, 9.17) is 11.6 Å². The van der Waals surface area contributed by atoms with Crippen molar-refractivity contribution in [1.29, 1.82) is 5.26 Å². The van der Waals surface area contributed by atoms with Gasteiger partial charge in [-0.2, -0.15) is 5.26 Å². The van der Waals surface area contributed by atoms with Gasteiger partial charge < -0.3 is 0 Å². The molecule has 0 amide bonds. The van der Waals surface area contributed by atoms with Gasteiger partial charge in [0.1, 0.15) is 5.92 Å². The first-order valence-electron chi connectivity index (χ1n) is 5.48. The Labute approximate surface area is 128 Å². The van der Waals surface area contributed by atoms with Crippen LogP contribution in [-0.2, 0) is 0 Å². The molecular formula is C14H9BrClNOS. The molecule has 0 saturated heterocycles. The van der Waals surface area contributed by atoms with E-state index in [9.17, 15) is 10.1 Å². The zero-order valence-electron chi connectivity index (χ0n) is 9.98. The van der Waals surface area contributed by atoms with E-state index in [1.807, 2.05) is 24.4 Å². The lowest BCUT2D eigenvalue weighted by Gasteiger charge is -2.09. The lowest BCUT2D eigenvalue weighted by Crippen LogP contribution is -2.11. The van der Waals surface area contributed by atoms with E-state index >= 15 is 0 Å². The van der Waals surface area contributed by atoms with Crippen molar-refractivity contribution in [3.8, 4) is 6.07 Å². The first-order valence-corrected chi connectivity index (χ1v) is 7.53. The number of carbonyl (C=O) groups excluding carboxylic acids is 1. The van der Waals surface area contributed by atoms with Crippen LogP contribution in [0.4, 0.5) is 0 Å². The number of nitrogens with zero attached hydrogens (tertiary/aromatic N) is 1. The molecule has 1 aromatic heterocycles. The number of Topliss-reactive ketones (excluding diaryl/α,β-unsaturated/α-hetero) is 1. The predicted octanol–water partition coefficient (Wildman–Crippen LogP) is 4.96. The number of thiophene rings is 1. The van der Waals surface area contributed by atoms with Crippen molar-refractivity contribution >= 4 is 44.7 Å². The number of nitriles is 1. The first-order chi connectivity index (χ1) is 9.06. The van der Waals surface area contributed by atoms with Gasteiger partial charge in [0.2, 0.25) is 0 Å². The summed E-state index contributed by atoms with van der Waals surface area (Å²) in [5, 5.41) is 11.6.